The van der Waals surface area contributed by atoms with Gasteiger partial charge in [-0.25, -0.2) is 8.78 Å². The van der Waals surface area contributed by atoms with Crippen LogP contribution in [0.15, 0.2) is 28.7 Å². The summed E-state index contributed by atoms with van der Waals surface area (Å²) in [7, 11) is 0. The van der Waals surface area contributed by atoms with Crippen LogP contribution < -0.4 is 0 Å². The molecule has 0 spiro atoms. The smallest absolute Gasteiger partial charge is 0.280 e. The molecule has 0 radical (unpaired) electrons. The molecule has 0 aliphatic carbocycles. The van der Waals surface area contributed by atoms with Crippen molar-refractivity contribution in [2.75, 3.05) is 0 Å². The molecule has 0 N–H and O–H groups in total. The largest absolute Gasteiger partial charge is 0.300 e. The zero-order valence-electron chi connectivity index (χ0n) is 7.56. The maximum absolute atomic E-state index is 13.3. The fourth-order valence-electron chi connectivity index (χ4n) is 1.11. The van der Waals surface area contributed by atoms with Gasteiger partial charge in [0.15, 0.2) is 0 Å². The monoisotopic (exact) mass is 262 g/mol. The fourth-order valence-corrected chi connectivity index (χ4v) is 1.37. The minimum atomic E-state index is -3.06. The van der Waals surface area contributed by atoms with Gasteiger partial charge >= 0.3 is 0 Å². The number of Topliss-reactive ketones (excluding diaryl/α,β-unsaturated/α-hetero) is 1. The summed E-state index contributed by atoms with van der Waals surface area (Å²) in [5.41, 5.74) is -0.129. The summed E-state index contributed by atoms with van der Waals surface area (Å²) < 4.78 is 27.3. The van der Waals surface area contributed by atoms with E-state index in [1.54, 1.807) is 0 Å². The van der Waals surface area contributed by atoms with E-state index < -0.39 is 18.1 Å². The van der Waals surface area contributed by atoms with Crippen LogP contribution in [0.5, 0.6) is 0 Å². The van der Waals surface area contributed by atoms with Gasteiger partial charge in [0.1, 0.15) is 5.78 Å². The predicted molar refractivity (Wildman–Crippen MR) is 53.3 cm³/mol. The van der Waals surface area contributed by atoms with E-state index in [-0.39, 0.29) is 5.56 Å². The van der Waals surface area contributed by atoms with E-state index in [1.807, 2.05) is 0 Å². The molecule has 0 aliphatic heterocycles. The number of carbonyl (C=O) groups excluding carboxylic acids is 1. The Labute approximate surface area is 89.3 Å². The maximum Gasteiger partial charge on any atom is 0.280 e. The van der Waals surface area contributed by atoms with E-state index >= 15 is 0 Å². The number of hydrogen-bond donors (Lipinski definition) is 0. The molecule has 0 saturated carbocycles. The van der Waals surface area contributed by atoms with Crippen LogP contribution in [-0.2, 0) is 10.7 Å². The van der Waals surface area contributed by atoms with Crippen molar-refractivity contribution >= 4 is 21.7 Å². The molecule has 0 fully saturated rings. The van der Waals surface area contributed by atoms with Crippen LogP contribution in [0.1, 0.15) is 18.9 Å². The Bertz CT molecular complexity index is 332. The van der Waals surface area contributed by atoms with Crippen molar-refractivity contribution in [1.82, 2.24) is 0 Å². The number of halogens is 3. The lowest BCUT2D eigenvalue weighted by molar-refractivity contribution is -0.124. The summed E-state index contributed by atoms with van der Waals surface area (Å²) in [6.45, 7) is 1.16. The molecule has 1 nitrogen and oxygen atoms in total. The highest BCUT2D eigenvalue weighted by Gasteiger charge is 2.32. The first kappa shape index (κ1) is 11.3. The van der Waals surface area contributed by atoms with E-state index in [0.29, 0.717) is 0 Å². The Kier molecular flexibility index (Phi) is 3.37. The second kappa shape index (κ2) is 4.17. The molecule has 0 unspecified atom stereocenters. The quantitative estimate of drug-likeness (QED) is 0.815. The highest BCUT2D eigenvalue weighted by Crippen LogP contribution is 2.32. The van der Waals surface area contributed by atoms with Crippen LogP contribution in [-0.4, -0.2) is 5.78 Å². The van der Waals surface area contributed by atoms with Crippen LogP contribution in [0, 0.1) is 0 Å². The molecule has 1 aromatic rings. The lowest BCUT2D eigenvalue weighted by Gasteiger charge is -2.14. The molecule has 0 saturated heterocycles. The van der Waals surface area contributed by atoms with Gasteiger partial charge in [0.05, 0.1) is 6.42 Å². The second-order valence-electron chi connectivity index (χ2n) is 3.09. The first-order valence-electron chi connectivity index (χ1n) is 4.05. The van der Waals surface area contributed by atoms with Gasteiger partial charge < -0.3 is 0 Å². The topological polar surface area (TPSA) is 17.1 Å². The third-order valence-corrected chi connectivity index (χ3v) is 2.27. The molecule has 4 heteroatoms. The van der Waals surface area contributed by atoms with Crippen molar-refractivity contribution in [2.24, 2.45) is 0 Å². The fraction of sp³-hybridized carbons (Fsp3) is 0.300. The first-order chi connectivity index (χ1) is 6.42. The summed E-state index contributed by atoms with van der Waals surface area (Å²) in [6.07, 6.45) is -0.741. The third-order valence-electron chi connectivity index (χ3n) is 1.74. The van der Waals surface area contributed by atoms with Crippen LogP contribution >= 0.6 is 15.9 Å². The Balaban J connectivity index is 2.91. The number of rotatable bonds is 3. The van der Waals surface area contributed by atoms with Gasteiger partial charge in [-0.2, -0.15) is 0 Å². The van der Waals surface area contributed by atoms with Crippen molar-refractivity contribution in [1.29, 1.82) is 0 Å². The van der Waals surface area contributed by atoms with Crippen molar-refractivity contribution in [2.45, 2.75) is 19.3 Å². The molecule has 14 heavy (non-hydrogen) atoms. The molecule has 0 atom stereocenters. The molecule has 0 aromatic heterocycles. The van der Waals surface area contributed by atoms with E-state index in [1.165, 1.54) is 24.3 Å². The predicted octanol–water partition coefficient (Wildman–Crippen LogP) is 3.52. The minimum Gasteiger partial charge on any atom is -0.300 e. The second-order valence-corrected chi connectivity index (χ2v) is 4.01. The molecule has 0 amide bonds. The van der Waals surface area contributed by atoms with Gasteiger partial charge in [-0.1, -0.05) is 28.1 Å². The molecule has 1 aromatic carbocycles. The molecule has 0 bridgehead atoms. The molecule has 0 heterocycles. The summed E-state index contributed by atoms with van der Waals surface area (Å²) in [6, 6.07) is 5.69. The van der Waals surface area contributed by atoms with Crippen molar-refractivity contribution in [3.63, 3.8) is 0 Å². The number of alkyl halides is 2. The average Bonchev–Trinajstić information content (AvgIpc) is 2.02. The van der Waals surface area contributed by atoms with Crippen LogP contribution in [0.2, 0.25) is 0 Å². The molecular formula is C10H9BrF2O. The minimum absolute atomic E-state index is 0.129. The lowest BCUT2D eigenvalue weighted by Crippen LogP contribution is -2.16. The Hall–Kier alpha value is -0.770. The Morgan fingerprint density at radius 2 is 1.86 bits per heavy atom. The van der Waals surface area contributed by atoms with E-state index in [9.17, 15) is 13.6 Å². The molecule has 76 valence electrons. The van der Waals surface area contributed by atoms with Gasteiger partial charge in [0.2, 0.25) is 0 Å². The van der Waals surface area contributed by atoms with Gasteiger partial charge in [-0.3, -0.25) is 4.79 Å². The lowest BCUT2D eigenvalue weighted by atomic mass is 10.0. The van der Waals surface area contributed by atoms with Gasteiger partial charge in [0.25, 0.3) is 5.92 Å². The van der Waals surface area contributed by atoms with Gasteiger partial charge in [-0.05, 0) is 19.1 Å². The standard InChI is InChI=1S/C10H9BrF2O/c1-7(14)6-10(12,13)8-2-4-9(11)5-3-8/h2-5H,6H2,1H3. The highest BCUT2D eigenvalue weighted by atomic mass is 79.9. The highest BCUT2D eigenvalue weighted by molar-refractivity contribution is 9.10. The Morgan fingerprint density at radius 1 is 1.36 bits per heavy atom. The maximum atomic E-state index is 13.3. The van der Waals surface area contributed by atoms with Gasteiger partial charge in [-0.15, -0.1) is 0 Å². The molecule has 0 aliphatic rings. The van der Waals surface area contributed by atoms with Crippen LogP contribution in [0.3, 0.4) is 0 Å². The molecular weight excluding hydrogens is 254 g/mol. The number of benzene rings is 1. The number of ketones is 1. The van der Waals surface area contributed by atoms with Crippen LogP contribution in [0.25, 0.3) is 0 Å². The van der Waals surface area contributed by atoms with E-state index in [2.05, 4.69) is 15.9 Å². The number of carbonyl (C=O) groups is 1. The average molecular weight is 263 g/mol. The van der Waals surface area contributed by atoms with E-state index in [0.717, 1.165) is 11.4 Å². The SMILES string of the molecule is CC(=O)CC(F)(F)c1ccc(Br)cc1. The van der Waals surface area contributed by atoms with Gasteiger partial charge in [0, 0.05) is 10.0 Å². The normalized spacial score (nSPS) is 11.4. The summed E-state index contributed by atoms with van der Waals surface area (Å²) in [5, 5.41) is 0. The van der Waals surface area contributed by atoms with Crippen molar-refractivity contribution in [3.05, 3.63) is 34.3 Å². The van der Waals surface area contributed by atoms with E-state index in [4.69, 9.17) is 0 Å². The van der Waals surface area contributed by atoms with Crippen molar-refractivity contribution in [3.8, 4) is 0 Å². The first-order valence-corrected chi connectivity index (χ1v) is 4.84. The zero-order chi connectivity index (χ0) is 10.8. The molecule has 1 rings (SSSR count). The zero-order valence-corrected chi connectivity index (χ0v) is 9.14. The third kappa shape index (κ3) is 2.87. The summed E-state index contributed by atoms with van der Waals surface area (Å²) in [4.78, 5) is 10.6. The van der Waals surface area contributed by atoms with Crippen LogP contribution in [0.4, 0.5) is 8.78 Å². The number of hydrogen-bond acceptors (Lipinski definition) is 1. The Morgan fingerprint density at radius 3 is 2.29 bits per heavy atom. The summed E-state index contributed by atoms with van der Waals surface area (Å²) >= 11 is 3.15. The summed E-state index contributed by atoms with van der Waals surface area (Å²) in [5.74, 6) is -3.58. The van der Waals surface area contributed by atoms with Crippen molar-refractivity contribution < 1.29 is 13.6 Å².